The third kappa shape index (κ3) is 4.25. The lowest BCUT2D eigenvalue weighted by Crippen LogP contribution is -2.28. The molecule has 0 aliphatic heterocycles. The second-order valence-electron chi connectivity index (χ2n) is 5.15. The van der Waals surface area contributed by atoms with Crippen LogP contribution in [-0.4, -0.2) is 19.6 Å². The van der Waals surface area contributed by atoms with Crippen LogP contribution in [0.2, 0.25) is 0 Å². The van der Waals surface area contributed by atoms with Crippen LogP contribution in [0.15, 0.2) is 42.5 Å². The number of ether oxygens (including phenoxy) is 2. The van der Waals surface area contributed by atoms with Crippen molar-refractivity contribution in [1.29, 1.82) is 0 Å². The molecule has 0 radical (unpaired) electrons. The molecule has 4 nitrogen and oxygen atoms in total. The first-order valence-corrected chi connectivity index (χ1v) is 7.19. The van der Waals surface area contributed by atoms with E-state index >= 15 is 0 Å². The van der Waals surface area contributed by atoms with Gasteiger partial charge in [-0.05, 0) is 42.7 Å². The third-order valence-corrected chi connectivity index (χ3v) is 3.42. The van der Waals surface area contributed by atoms with Gasteiger partial charge < -0.3 is 14.8 Å². The molecule has 116 valence electrons. The van der Waals surface area contributed by atoms with Gasteiger partial charge in [0.2, 0.25) is 0 Å². The minimum atomic E-state index is -0.161. The highest BCUT2D eigenvalue weighted by Gasteiger charge is 2.08. The molecule has 0 unspecified atom stereocenters. The van der Waals surface area contributed by atoms with Crippen molar-refractivity contribution in [3.63, 3.8) is 0 Å². The monoisotopic (exact) mass is 299 g/mol. The van der Waals surface area contributed by atoms with Crippen LogP contribution >= 0.6 is 0 Å². The van der Waals surface area contributed by atoms with E-state index in [0.717, 1.165) is 16.7 Å². The fraction of sp³-hybridized carbons (Fsp3) is 0.278. The highest BCUT2D eigenvalue weighted by atomic mass is 16.5. The van der Waals surface area contributed by atoms with Crippen molar-refractivity contribution in [2.45, 2.75) is 20.4 Å². The predicted octanol–water partition coefficient (Wildman–Crippen LogP) is 3.01. The summed E-state index contributed by atoms with van der Waals surface area (Å²) in [4.78, 5) is 11.9. The van der Waals surface area contributed by atoms with E-state index in [1.807, 2.05) is 56.3 Å². The third-order valence-electron chi connectivity index (χ3n) is 3.42. The molecule has 0 spiro atoms. The SMILES string of the molecule is COc1cc(C)ccc1OCC(=O)NCc1ccccc1C. The van der Waals surface area contributed by atoms with Gasteiger partial charge in [-0.1, -0.05) is 30.3 Å². The molecule has 0 bridgehead atoms. The van der Waals surface area contributed by atoms with Crippen LogP contribution in [0.5, 0.6) is 11.5 Å². The molecule has 0 fully saturated rings. The molecule has 0 heterocycles. The van der Waals surface area contributed by atoms with Crippen LogP contribution < -0.4 is 14.8 Å². The van der Waals surface area contributed by atoms with E-state index in [2.05, 4.69) is 5.32 Å². The van der Waals surface area contributed by atoms with E-state index in [1.54, 1.807) is 7.11 Å². The summed E-state index contributed by atoms with van der Waals surface area (Å²) in [7, 11) is 1.58. The summed E-state index contributed by atoms with van der Waals surface area (Å²) in [6.07, 6.45) is 0. The Balaban J connectivity index is 1.87. The number of carbonyl (C=O) groups is 1. The quantitative estimate of drug-likeness (QED) is 0.892. The molecule has 4 heteroatoms. The molecule has 2 aromatic carbocycles. The molecular formula is C18H21NO3. The Bertz CT molecular complexity index is 653. The number of hydrogen-bond acceptors (Lipinski definition) is 3. The number of aryl methyl sites for hydroxylation is 2. The second-order valence-corrected chi connectivity index (χ2v) is 5.15. The highest BCUT2D eigenvalue weighted by Crippen LogP contribution is 2.27. The molecule has 0 saturated carbocycles. The zero-order chi connectivity index (χ0) is 15.9. The summed E-state index contributed by atoms with van der Waals surface area (Å²) < 4.78 is 10.8. The maximum atomic E-state index is 11.9. The van der Waals surface area contributed by atoms with Crippen molar-refractivity contribution < 1.29 is 14.3 Å². The molecular weight excluding hydrogens is 278 g/mol. The van der Waals surface area contributed by atoms with Gasteiger partial charge in [-0.2, -0.15) is 0 Å². The summed E-state index contributed by atoms with van der Waals surface area (Å²) in [5.74, 6) is 1.04. The van der Waals surface area contributed by atoms with Crippen molar-refractivity contribution in [3.8, 4) is 11.5 Å². The van der Waals surface area contributed by atoms with Gasteiger partial charge in [0, 0.05) is 6.54 Å². The zero-order valence-corrected chi connectivity index (χ0v) is 13.2. The Morgan fingerprint density at radius 3 is 2.59 bits per heavy atom. The lowest BCUT2D eigenvalue weighted by molar-refractivity contribution is -0.123. The van der Waals surface area contributed by atoms with Crippen LogP contribution in [0.1, 0.15) is 16.7 Å². The van der Waals surface area contributed by atoms with Gasteiger partial charge >= 0.3 is 0 Å². The number of amides is 1. The Hall–Kier alpha value is -2.49. The standard InChI is InChI=1S/C18H21NO3/c1-13-8-9-16(17(10-13)21-3)22-12-18(20)19-11-15-7-5-4-6-14(15)2/h4-10H,11-12H2,1-3H3,(H,19,20). The van der Waals surface area contributed by atoms with E-state index in [4.69, 9.17) is 9.47 Å². The van der Waals surface area contributed by atoms with Crippen LogP contribution in [0.3, 0.4) is 0 Å². The first kappa shape index (κ1) is 15.9. The topological polar surface area (TPSA) is 47.6 Å². The van der Waals surface area contributed by atoms with E-state index in [0.29, 0.717) is 18.0 Å². The largest absolute Gasteiger partial charge is 0.493 e. The smallest absolute Gasteiger partial charge is 0.258 e. The van der Waals surface area contributed by atoms with Crippen molar-refractivity contribution in [2.24, 2.45) is 0 Å². The fourth-order valence-corrected chi connectivity index (χ4v) is 2.09. The lowest BCUT2D eigenvalue weighted by Gasteiger charge is -2.12. The van der Waals surface area contributed by atoms with E-state index in [-0.39, 0.29) is 12.5 Å². The molecule has 22 heavy (non-hydrogen) atoms. The van der Waals surface area contributed by atoms with Gasteiger partial charge in [-0.25, -0.2) is 0 Å². The van der Waals surface area contributed by atoms with E-state index < -0.39 is 0 Å². The first-order chi connectivity index (χ1) is 10.6. The lowest BCUT2D eigenvalue weighted by atomic mass is 10.1. The van der Waals surface area contributed by atoms with Crippen LogP contribution in [0.25, 0.3) is 0 Å². The highest BCUT2D eigenvalue weighted by molar-refractivity contribution is 5.77. The maximum absolute atomic E-state index is 11.9. The molecule has 0 aliphatic carbocycles. The molecule has 1 N–H and O–H groups in total. The van der Waals surface area contributed by atoms with Gasteiger partial charge in [0.1, 0.15) is 0 Å². The number of methoxy groups -OCH3 is 1. The Morgan fingerprint density at radius 1 is 1.09 bits per heavy atom. The Labute approximate surface area is 131 Å². The van der Waals surface area contributed by atoms with Crippen molar-refractivity contribution in [1.82, 2.24) is 5.32 Å². The number of nitrogens with one attached hydrogen (secondary N) is 1. The minimum absolute atomic E-state index is 0.0364. The van der Waals surface area contributed by atoms with Gasteiger partial charge in [0.05, 0.1) is 7.11 Å². The second kappa shape index (κ2) is 7.50. The normalized spacial score (nSPS) is 10.1. The summed E-state index contributed by atoms with van der Waals surface area (Å²) >= 11 is 0. The summed E-state index contributed by atoms with van der Waals surface area (Å²) in [6, 6.07) is 13.6. The van der Waals surface area contributed by atoms with E-state index in [1.165, 1.54) is 0 Å². The van der Waals surface area contributed by atoms with Gasteiger partial charge in [0.25, 0.3) is 5.91 Å². The number of carbonyl (C=O) groups excluding carboxylic acids is 1. The number of hydrogen-bond donors (Lipinski definition) is 1. The van der Waals surface area contributed by atoms with Crippen molar-refractivity contribution in [3.05, 3.63) is 59.2 Å². The molecule has 2 aromatic rings. The van der Waals surface area contributed by atoms with Gasteiger partial charge in [0.15, 0.2) is 18.1 Å². The average Bonchev–Trinajstić information content (AvgIpc) is 2.52. The molecule has 0 atom stereocenters. The minimum Gasteiger partial charge on any atom is -0.493 e. The Kier molecular flexibility index (Phi) is 5.42. The molecule has 0 saturated heterocycles. The fourth-order valence-electron chi connectivity index (χ4n) is 2.09. The van der Waals surface area contributed by atoms with Crippen molar-refractivity contribution >= 4 is 5.91 Å². The number of benzene rings is 2. The summed E-state index contributed by atoms with van der Waals surface area (Å²) in [5.41, 5.74) is 3.33. The van der Waals surface area contributed by atoms with Crippen LogP contribution in [0, 0.1) is 13.8 Å². The summed E-state index contributed by atoms with van der Waals surface area (Å²) in [5, 5.41) is 2.85. The zero-order valence-electron chi connectivity index (χ0n) is 13.2. The Morgan fingerprint density at radius 2 is 1.86 bits per heavy atom. The van der Waals surface area contributed by atoms with Crippen LogP contribution in [0.4, 0.5) is 0 Å². The van der Waals surface area contributed by atoms with Gasteiger partial charge in [-0.3, -0.25) is 4.79 Å². The van der Waals surface area contributed by atoms with E-state index in [9.17, 15) is 4.79 Å². The maximum Gasteiger partial charge on any atom is 0.258 e. The molecule has 1 amide bonds. The molecule has 2 rings (SSSR count). The van der Waals surface area contributed by atoms with Crippen LogP contribution in [-0.2, 0) is 11.3 Å². The summed E-state index contributed by atoms with van der Waals surface area (Å²) in [6.45, 7) is 4.46. The average molecular weight is 299 g/mol. The molecule has 0 aliphatic rings. The molecule has 0 aromatic heterocycles. The van der Waals surface area contributed by atoms with Crippen molar-refractivity contribution in [2.75, 3.05) is 13.7 Å². The van der Waals surface area contributed by atoms with Gasteiger partial charge in [-0.15, -0.1) is 0 Å². The predicted molar refractivity (Wildman–Crippen MR) is 86.3 cm³/mol. The first-order valence-electron chi connectivity index (χ1n) is 7.19. The number of rotatable bonds is 6.